The van der Waals surface area contributed by atoms with Gasteiger partial charge < -0.3 is 20.8 Å². The van der Waals surface area contributed by atoms with Gasteiger partial charge in [-0.3, -0.25) is 4.79 Å². The SMILES string of the molecule is CC1CCCN1C(=O)c1cc(-c2ncc([C@](C)(N)Cc3ccccc3)o2)cc(-c2cccc(F)c2N)c1. The van der Waals surface area contributed by atoms with Crippen LogP contribution in [0.2, 0.25) is 0 Å². The normalized spacial score (nSPS) is 17.1. The molecule has 3 aromatic carbocycles. The van der Waals surface area contributed by atoms with Crippen LogP contribution in [0, 0.1) is 5.82 Å². The Kier molecular flexibility index (Phi) is 6.56. The molecule has 0 aliphatic carbocycles. The Morgan fingerprint density at radius 2 is 1.89 bits per heavy atom. The van der Waals surface area contributed by atoms with Crippen molar-refractivity contribution in [3.8, 4) is 22.6 Å². The number of anilines is 1. The molecule has 1 aliphatic rings. The number of likely N-dealkylation sites (tertiary alicyclic amines) is 1. The number of para-hydroxylation sites is 1. The maximum absolute atomic E-state index is 14.3. The van der Waals surface area contributed by atoms with Gasteiger partial charge >= 0.3 is 0 Å². The number of hydrogen-bond donors (Lipinski definition) is 2. The molecule has 1 amide bonds. The lowest BCUT2D eigenvalue weighted by Gasteiger charge is -2.22. The monoisotopic (exact) mass is 498 g/mol. The molecule has 2 heterocycles. The van der Waals surface area contributed by atoms with Crippen LogP contribution in [0.5, 0.6) is 0 Å². The van der Waals surface area contributed by atoms with Gasteiger partial charge in [0.05, 0.1) is 17.4 Å². The molecule has 1 unspecified atom stereocenters. The lowest BCUT2D eigenvalue weighted by molar-refractivity contribution is 0.0747. The number of oxazole rings is 1. The van der Waals surface area contributed by atoms with E-state index in [1.165, 1.54) is 6.07 Å². The molecule has 0 saturated carbocycles. The van der Waals surface area contributed by atoms with E-state index in [-0.39, 0.29) is 17.6 Å². The summed E-state index contributed by atoms with van der Waals surface area (Å²) in [5.74, 6) is 0.271. The molecular formula is C30H31FN4O2. The highest BCUT2D eigenvalue weighted by molar-refractivity contribution is 5.98. The molecule has 5 rings (SSSR count). The van der Waals surface area contributed by atoms with E-state index in [1.54, 1.807) is 30.5 Å². The van der Waals surface area contributed by atoms with Crippen LogP contribution in [0.3, 0.4) is 0 Å². The Labute approximate surface area is 216 Å². The zero-order chi connectivity index (χ0) is 26.2. The molecule has 0 radical (unpaired) electrons. The highest BCUT2D eigenvalue weighted by atomic mass is 19.1. The number of benzene rings is 3. The number of nitrogens with zero attached hydrogens (tertiary/aromatic N) is 2. The lowest BCUT2D eigenvalue weighted by atomic mass is 9.92. The first-order valence-electron chi connectivity index (χ1n) is 12.5. The summed E-state index contributed by atoms with van der Waals surface area (Å²) in [5.41, 5.74) is 15.2. The Morgan fingerprint density at radius 3 is 2.62 bits per heavy atom. The van der Waals surface area contributed by atoms with E-state index in [0.717, 1.165) is 18.4 Å². The number of carbonyl (C=O) groups is 1. The fourth-order valence-electron chi connectivity index (χ4n) is 5.00. The third kappa shape index (κ3) is 5.00. The molecule has 7 heteroatoms. The summed E-state index contributed by atoms with van der Waals surface area (Å²) in [6, 6.07) is 20.1. The molecule has 1 aromatic heterocycles. The number of rotatable bonds is 6. The van der Waals surface area contributed by atoms with Gasteiger partial charge in [-0.2, -0.15) is 0 Å². The topological polar surface area (TPSA) is 98.4 Å². The lowest BCUT2D eigenvalue weighted by Crippen LogP contribution is -2.35. The molecule has 190 valence electrons. The zero-order valence-corrected chi connectivity index (χ0v) is 21.1. The second kappa shape index (κ2) is 9.82. The van der Waals surface area contributed by atoms with E-state index in [2.05, 4.69) is 11.9 Å². The van der Waals surface area contributed by atoms with Crippen molar-refractivity contribution >= 4 is 11.6 Å². The van der Waals surface area contributed by atoms with Gasteiger partial charge in [0, 0.05) is 29.3 Å². The quantitative estimate of drug-likeness (QED) is 0.329. The summed E-state index contributed by atoms with van der Waals surface area (Å²) < 4.78 is 20.5. The van der Waals surface area contributed by atoms with Crippen LogP contribution in [0.15, 0.2) is 77.3 Å². The highest BCUT2D eigenvalue weighted by Gasteiger charge is 2.29. The maximum Gasteiger partial charge on any atom is 0.254 e. The predicted octanol–water partition coefficient (Wildman–Crippen LogP) is 5.77. The molecule has 4 aromatic rings. The van der Waals surface area contributed by atoms with Crippen LogP contribution >= 0.6 is 0 Å². The molecule has 1 fully saturated rings. The molecule has 6 nitrogen and oxygen atoms in total. The molecule has 0 spiro atoms. The van der Waals surface area contributed by atoms with E-state index in [4.69, 9.17) is 15.9 Å². The average Bonchev–Trinajstić information content (AvgIpc) is 3.55. The number of amides is 1. The van der Waals surface area contributed by atoms with Crippen molar-refractivity contribution in [2.24, 2.45) is 5.73 Å². The van der Waals surface area contributed by atoms with E-state index < -0.39 is 11.4 Å². The highest BCUT2D eigenvalue weighted by Crippen LogP contribution is 2.35. The first-order chi connectivity index (χ1) is 17.7. The van der Waals surface area contributed by atoms with Gasteiger partial charge in [-0.05, 0) is 68.5 Å². The Bertz CT molecular complexity index is 1430. The molecule has 4 N–H and O–H groups in total. The minimum Gasteiger partial charge on any atom is -0.439 e. The Morgan fingerprint density at radius 1 is 1.14 bits per heavy atom. The number of carbonyl (C=O) groups excluding carboxylic acids is 1. The number of nitrogens with two attached hydrogens (primary N) is 2. The van der Waals surface area contributed by atoms with Gasteiger partial charge in [-0.25, -0.2) is 9.37 Å². The predicted molar refractivity (Wildman–Crippen MR) is 143 cm³/mol. The second-order valence-corrected chi connectivity index (χ2v) is 10.1. The van der Waals surface area contributed by atoms with Gasteiger partial charge in [-0.15, -0.1) is 0 Å². The minimum absolute atomic E-state index is 0.0260. The fourth-order valence-corrected chi connectivity index (χ4v) is 5.00. The molecular weight excluding hydrogens is 467 g/mol. The van der Waals surface area contributed by atoms with Gasteiger partial charge in [0.2, 0.25) is 5.89 Å². The Hall–Kier alpha value is -3.97. The summed E-state index contributed by atoms with van der Waals surface area (Å²) >= 11 is 0. The van der Waals surface area contributed by atoms with Crippen molar-refractivity contribution in [1.29, 1.82) is 0 Å². The van der Waals surface area contributed by atoms with Crippen molar-refractivity contribution in [2.45, 2.75) is 44.7 Å². The van der Waals surface area contributed by atoms with Crippen LogP contribution in [0.25, 0.3) is 22.6 Å². The molecule has 0 bridgehead atoms. The van der Waals surface area contributed by atoms with E-state index in [0.29, 0.717) is 46.9 Å². The van der Waals surface area contributed by atoms with Crippen LogP contribution < -0.4 is 11.5 Å². The van der Waals surface area contributed by atoms with Crippen LogP contribution in [0.1, 0.15) is 48.4 Å². The van der Waals surface area contributed by atoms with Crippen molar-refractivity contribution in [1.82, 2.24) is 9.88 Å². The van der Waals surface area contributed by atoms with Crippen LogP contribution in [-0.4, -0.2) is 28.4 Å². The van der Waals surface area contributed by atoms with Gasteiger partial charge in [-0.1, -0.05) is 42.5 Å². The standard InChI is InChI=1S/C30H31FN4O2/c1-19-8-7-13-35(19)29(36)23-15-21(24-11-6-12-25(31)27(24)32)14-22(16-23)28-34-18-26(37-28)30(2,33)17-20-9-4-3-5-10-20/h3-6,9-12,14-16,18-19H,7-8,13,17,32-33H2,1-2H3/t19?,30-/m1/s1. The van der Waals surface area contributed by atoms with Crippen molar-refractivity contribution in [2.75, 3.05) is 12.3 Å². The summed E-state index contributed by atoms with van der Waals surface area (Å²) in [5, 5.41) is 0. The summed E-state index contributed by atoms with van der Waals surface area (Å²) in [4.78, 5) is 19.9. The smallest absolute Gasteiger partial charge is 0.254 e. The number of halogens is 1. The molecule has 2 atom stereocenters. The zero-order valence-electron chi connectivity index (χ0n) is 21.1. The van der Waals surface area contributed by atoms with Crippen molar-refractivity contribution in [3.63, 3.8) is 0 Å². The van der Waals surface area contributed by atoms with Crippen molar-refractivity contribution < 1.29 is 13.6 Å². The maximum atomic E-state index is 14.3. The van der Waals surface area contributed by atoms with Crippen LogP contribution in [0.4, 0.5) is 10.1 Å². The fraction of sp³-hybridized carbons (Fsp3) is 0.267. The van der Waals surface area contributed by atoms with E-state index in [1.807, 2.05) is 48.2 Å². The summed E-state index contributed by atoms with van der Waals surface area (Å²) in [6.07, 6.45) is 4.13. The van der Waals surface area contributed by atoms with Crippen molar-refractivity contribution in [3.05, 3.63) is 95.6 Å². The third-order valence-corrected chi connectivity index (χ3v) is 7.09. The second-order valence-electron chi connectivity index (χ2n) is 10.1. The summed E-state index contributed by atoms with van der Waals surface area (Å²) in [7, 11) is 0. The molecule has 1 aliphatic heterocycles. The summed E-state index contributed by atoms with van der Waals surface area (Å²) in [6.45, 7) is 4.66. The van der Waals surface area contributed by atoms with Gasteiger partial charge in [0.25, 0.3) is 5.91 Å². The number of hydrogen-bond acceptors (Lipinski definition) is 5. The largest absolute Gasteiger partial charge is 0.439 e. The van der Waals surface area contributed by atoms with Gasteiger partial charge in [0.15, 0.2) is 0 Å². The van der Waals surface area contributed by atoms with E-state index >= 15 is 0 Å². The number of nitrogen functional groups attached to an aromatic ring is 1. The van der Waals surface area contributed by atoms with Crippen LogP contribution in [-0.2, 0) is 12.0 Å². The molecule has 37 heavy (non-hydrogen) atoms. The third-order valence-electron chi connectivity index (χ3n) is 7.09. The Balaban J connectivity index is 1.56. The van der Waals surface area contributed by atoms with Gasteiger partial charge in [0.1, 0.15) is 11.6 Å². The number of aromatic nitrogens is 1. The molecule has 1 saturated heterocycles. The minimum atomic E-state index is -0.791. The average molecular weight is 499 g/mol. The first-order valence-corrected chi connectivity index (χ1v) is 12.5. The van der Waals surface area contributed by atoms with E-state index in [9.17, 15) is 9.18 Å². The first kappa shape index (κ1) is 24.7.